The lowest BCUT2D eigenvalue weighted by molar-refractivity contribution is 0.769. The average molecular weight is 371 g/mol. The van der Waals surface area contributed by atoms with Gasteiger partial charge in [-0.2, -0.15) is 5.10 Å². The first-order chi connectivity index (χ1) is 13.7. The van der Waals surface area contributed by atoms with Gasteiger partial charge in [-0.25, -0.2) is 4.98 Å². The second-order valence-corrected chi connectivity index (χ2v) is 7.26. The zero-order chi connectivity index (χ0) is 19.1. The number of aromatic amines is 1. The van der Waals surface area contributed by atoms with Gasteiger partial charge in [0.15, 0.2) is 5.43 Å². The largest absolute Gasteiger partial charge is 0.380 e. The van der Waals surface area contributed by atoms with Crippen LogP contribution in [0.4, 0.5) is 5.69 Å². The number of fused-ring (bicyclic) bond motifs is 2. The van der Waals surface area contributed by atoms with Crippen LogP contribution in [0.25, 0.3) is 22.2 Å². The van der Waals surface area contributed by atoms with E-state index in [9.17, 15) is 4.79 Å². The Kier molecular flexibility index (Phi) is 3.97. The summed E-state index contributed by atoms with van der Waals surface area (Å²) in [6.45, 7) is 2.78. The summed E-state index contributed by atoms with van der Waals surface area (Å²) < 4.78 is 2.01. The molecule has 28 heavy (non-hydrogen) atoms. The minimum Gasteiger partial charge on any atom is -0.380 e. The number of aryl methyl sites for hydroxylation is 1. The van der Waals surface area contributed by atoms with Crippen LogP contribution < -0.4 is 10.7 Å². The standard InChI is InChI=1S/C22H21N5O/c1-2-27-13-20(16-10-24-25-11-16)21(28)19-9-18(12-23-22(19)27)26-17-7-14-5-3-4-6-15(14)8-17/h3-6,9-13,17,26H,2,7-8H2,1H3,(H,24,25). The van der Waals surface area contributed by atoms with Gasteiger partial charge in [0.1, 0.15) is 5.65 Å². The molecule has 0 amide bonds. The van der Waals surface area contributed by atoms with Crippen LogP contribution in [-0.2, 0) is 19.4 Å². The van der Waals surface area contributed by atoms with Gasteiger partial charge >= 0.3 is 0 Å². The van der Waals surface area contributed by atoms with Crippen LogP contribution in [0.2, 0.25) is 0 Å². The van der Waals surface area contributed by atoms with E-state index < -0.39 is 0 Å². The van der Waals surface area contributed by atoms with Crippen molar-refractivity contribution in [2.75, 3.05) is 5.32 Å². The fraction of sp³-hybridized carbons (Fsp3) is 0.227. The molecule has 5 rings (SSSR count). The maximum Gasteiger partial charge on any atom is 0.199 e. The first-order valence-electron chi connectivity index (χ1n) is 9.58. The molecule has 0 unspecified atom stereocenters. The maximum atomic E-state index is 13.1. The Hall–Kier alpha value is -3.41. The lowest BCUT2D eigenvalue weighted by Gasteiger charge is -2.15. The number of benzene rings is 1. The Balaban J connectivity index is 1.54. The van der Waals surface area contributed by atoms with E-state index in [-0.39, 0.29) is 5.43 Å². The van der Waals surface area contributed by atoms with Crippen molar-refractivity contribution in [2.45, 2.75) is 32.4 Å². The van der Waals surface area contributed by atoms with Crippen molar-refractivity contribution in [1.29, 1.82) is 0 Å². The molecule has 0 aliphatic heterocycles. The molecule has 1 aromatic carbocycles. The highest BCUT2D eigenvalue weighted by Crippen LogP contribution is 2.25. The van der Waals surface area contributed by atoms with Gasteiger partial charge in [-0.1, -0.05) is 24.3 Å². The molecule has 0 spiro atoms. The van der Waals surface area contributed by atoms with Crippen LogP contribution in [0.1, 0.15) is 18.1 Å². The molecule has 0 saturated carbocycles. The number of aromatic nitrogens is 4. The van der Waals surface area contributed by atoms with E-state index in [1.54, 1.807) is 12.4 Å². The van der Waals surface area contributed by atoms with Gasteiger partial charge in [0.25, 0.3) is 0 Å². The summed E-state index contributed by atoms with van der Waals surface area (Å²) in [5.41, 5.74) is 5.78. The van der Waals surface area contributed by atoms with Gasteiger partial charge in [0.05, 0.1) is 23.5 Å². The Bertz CT molecular complexity index is 1180. The number of anilines is 1. The van der Waals surface area contributed by atoms with Gasteiger partial charge in [-0.3, -0.25) is 9.89 Å². The van der Waals surface area contributed by atoms with E-state index in [2.05, 4.69) is 44.8 Å². The van der Waals surface area contributed by atoms with Crippen molar-refractivity contribution in [3.8, 4) is 11.1 Å². The van der Waals surface area contributed by atoms with Crippen molar-refractivity contribution in [3.63, 3.8) is 0 Å². The molecule has 0 radical (unpaired) electrons. The topological polar surface area (TPSA) is 75.6 Å². The van der Waals surface area contributed by atoms with Gasteiger partial charge in [0.2, 0.25) is 0 Å². The zero-order valence-corrected chi connectivity index (χ0v) is 15.6. The van der Waals surface area contributed by atoms with Crippen LogP contribution in [-0.4, -0.2) is 25.8 Å². The number of nitrogens with zero attached hydrogens (tertiary/aromatic N) is 3. The molecule has 140 valence electrons. The lowest BCUT2D eigenvalue weighted by atomic mass is 10.1. The number of rotatable bonds is 4. The van der Waals surface area contributed by atoms with Crippen molar-refractivity contribution < 1.29 is 0 Å². The molecular formula is C22H21N5O. The molecule has 0 atom stereocenters. The SMILES string of the molecule is CCn1cc(-c2cn[nH]c2)c(=O)c2cc(NC3Cc4ccccc4C3)cnc21. The summed E-state index contributed by atoms with van der Waals surface area (Å²) in [5.74, 6) is 0. The smallest absolute Gasteiger partial charge is 0.199 e. The van der Waals surface area contributed by atoms with Crippen LogP contribution in [0.5, 0.6) is 0 Å². The summed E-state index contributed by atoms with van der Waals surface area (Å²) >= 11 is 0. The fourth-order valence-electron chi connectivity index (χ4n) is 4.09. The number of hydrogen-bond donors (Lipinski definition) is 2. The minimum absolute atomic E-state index is 0.0213. The summed E-state index contributed by atoms with van der Waals surface area (Å²) in [6.07, 6.45) is 9.09. The highest BCUT2D eigenvalue weighted by atomic mass is 16.1. The molecule has 4 aromatic rings. The number of hydrogen-bond acceptors (Lipinski definition) is 4. The van der Waals surface area contributed by atoms with E-state index in [0.717, 1.165) is 30.6 Å². The molecule has 1 aliphatic rings. The van der Waals surface area contributed by atoms with Gasteiger partial charge in [-0.15, -0.1) is 0 Å². The molecule has 6 heteroatoms. The molecule has 1 aliphatic carbocycles. The van der Waals surface area contributed by atoms with Crippen molar-refractivity contribution in [2.24, 2.45) is 0 Å². The normalized spacial score (nSPS) is 13.8. The van der Waals surface area contributed by atoms with Gasteiger partial charge in [-0.05, 0) is 37.0 Å². The second-order valence-electron chi connectivity index (χ2n) is 7.26. The van der Waals surface area contributed by atoms with Gasteiger partial charge in [0, 0.05) is 36.1 Å². The third-order valence-electron chi connectivity index (χ3n) is 5.48. The predicted octanol–water partition coefficient (Wildman–Crippen LogP) is 3.39. The lowest BCUT2D eigenvalue weighted by Crippen LogP contribution is -2.20. The fourth-order valence-corrected chi connectivity index (χ4v) is 4.09. The van der Waals surface area contributed by atoms with E-state index in [1.807, 2.05) is 30.0 Å². The minimum atomic E-state index is -0.0213. The molecule has 3 aromatic heterocycles. The first-order valence-corrected chi connectivity index (χ1v) is 9.58. The number of pyridine rings is 2. The predicted molar refractivity (Wildman–Crippen MR) is 111 cm³/mol. The van der Waals surface area contributed by atoms with E-state index in [1.165, 1.54) is 11.1 Å². The van der Waals surface area contributed by atoms with Gasteiger partial charge < -0.3 is 9.88 Å². The third-order valence-corrected chi connectivity index (χ3v) is 5.48. The van der Waals surface area contributed by atoms with E-state index in [4.69, 9.17) is 0 Å². The second kappa shape index (κ2) is 6.64. The monoisotopic (exact) mass is 371 g/mol. The molecule has 0 saturated heterocycles. The van der Waals surface area contributed by atoms with Crippen molar-refractivity contribution in [1.82, 2.24) is 19.7 Å². The Morgan fingerprint density at radius 2 is 2.00 bits per heavy atom. The van der Waals surface area contributed by atoms with Crippen LogP contribution in [0.3, 0.4) is 0 Å². The number of nitrogens with one attached hydrogen (secondary N) is 2. The Labute approximate surface area is 162 Å². The van der Waals surface area contributed by atoms with Crippen molar-refractivity contribution in [3.05, 3.63) is 76.5 Å². The average Bonchev–Trinajstić information content (AvgIpc) is 3.38. The zero-order valence-electron chi connectivity index (χ0n) is 15.6. The van der Waals surface area contributed by atoms with E-state index in [0.29, 0.717) is 22.6 Å². The summed E-state index contributed by atoms with van der Waals surface area (Å²) in [6, 6.07) is 10.8. The molecular weight excluding hydrogens is 350 g/mol. The molecule has 0 fully saturated rings. The summed E-state index contributed by atoms with van der Waals surface area (Å²) in [7, 11) is 0. The third kappa shape index (κ3) is 2.78. The first kappa shape index (κ1) is 16.7. The quantitative estimate of drug-likeness (QED) is 0.577. The molecule has 6 nitrogen and oxygen atoms in total. The van der Waals surface area contributed by atoms with Crippen LogP contribution in [0.15, 0.2) is 59.9 Å². The summed E-state index contributed by atoms with van der Waals surface area (Å²) in [5, 5.41) is 11.0. The maximum absolute atomic E-state index is 13.1. The highest BCUT2D eigenvalue weighted by Gasteiger charge is 2.21. The Morgan fingerprint density at radius 1 is 1.21 bits per heavy atom. The molecule has 3 heterocycles. The molecule has 2 N–H and O–H groups in total. The van der Waals surface area contributed by atoms with Crippen LogP contribution >= 0.6 is 0 Å². The van der Waals surface area contributed by atoms with E-state index >= 15 is 0 Å². The van der Waals surface area contributed by atoms with Crippen LogP contribution in [0, 0.1) is 0 Å². The van der Waals surface area contributed by atoms with Crippen molar-refractivity contribution >= 4 is 16.7 Å². The summed E-state index contributed by atoms with van der Waals surface area (Å²) in [4.78, 5) is 17.7. The Morgan fingerprint density at radius 3 is 2.68 bits per heavy atom. The highest BCUT2D eigenvalue weighted by molar-refractivity contribution is 5.83. The number of H-pyrrole nitrogens is 1. The molecule has 0 bridgehead atoms.